The lowest BCUT2D eigenvalue weighted by Gasteiger charge is -2.20. The molecule has 1 atom stereocenters. The van der Waals surface area contributed by atoms with E-state index in [-0.39, 0.29) is 0 Å². The van der Waals surface area contributed by atoms with Crippen molar-refractivity contribution in [3.05, 3.63) is 57.9 Å². The van der Waals surface area contributed by atoms with Crippen molar-refractivity contribution in [1.82, 2.24) is 24.8 Å². The number of rotatable bonds is 2. The molecule has 5 nitrogen and oxygen atoms in total. The number of hydrogen-bond donors (Lipinski definition) is 2. The van der Waals surface area contributed by atoms with E-state index >= 15 is 0 Å². The first-order valence-electron chi connectivity index (χ1n) is 9.28. The van der Waals surface area contributed by atoms with Gasteiger partial charge in [-0.3, -0.25) is 0 Å². The fourth-order valence-electron chi connectivity index (χ4n) is 4.26. The minimum Gasteiger partial charge on any atom is -0.344 e. The maximum Gasteiger partial charge on any atom is 0.141 e. The van der Waals surface area contributed by atoms with E-state index in [1.807, 2.05) is 24.3 Å². The topological polar surface area (TPSA) is 58.5 Å². The molecule has 2 aliphatic rings. The zero-order valence-electron chi connectivity index (χ0n) is 14.8. The second kappa shape index (κ2) is 6.25. The number of halogens is 1. The average Bonchev–Trinajstić information content (AvgIpc) is 3.23. The summed E-state index contributed by atoms with van der Waals surface area (Å²) in [5.74, 6) is 2.51. The normalized spacial score (nSPS) is 19.2. The maximum absolute atomic E-state index is 6.40. The molecule has 0 saturated heterocycles. The van der Waals surface area contributed by atoms with Gasteiger partial charge in [-0.15, -0.1) is 0 Å². The molecule has 26 heavy (non-hydrogen) atoms. The summed E-state index contributed by atoms with van der Waals surface area (Å²) in [5, 5.41) is 4.16. The van der Waals surface area contributed by atoms with Crippen molar-refractivity contribution in [3.8, 4) is 11.4 Å². The third kappa shape index (κ3) is 2.58. The van der Waals surface area contributed by atoms with Gasteiger partial charge >= 0.3 is 0 Å². The summed E-state index contributed by atoms with van der Waals surface area (Å²) in [6, 6.07) is 7.94. The minimum absolute atomic E-state index is 0.419. The Morgan fingerprint density at radius 3 is 2.88 bits per heavy atom. The van der Waals surface area contributed by atoms with E-state index in [0.29, 0.717) is 5.92 Å². The molecule has 6 heteroatoms. The summed E-state index contributed by atoms with van der Waals surface area (Å²) in [6.45, 7) is 1.92. The van der Waals surface area contributed by atoms with E-state index in [0.717, 1.165) is 61.0 Å². The lowest BCUT2D eigenvalue weighted by atomic mass is 9.89. The predicted octanol–water partition coefficient (Wildman–Crippen LogP) is 3.38. The van der Waals surface area contributed by atoms with E-state index < -0.39 is 0 Å². The van der Waals surface area contributed by atoms with Crippen molar-refractivity contribution in [1.29, 1.82) is 0 Å². The number of benzene rings is 1. The van der Waals surface area contributed by atoms with Crippen LogP contribution in [-0.2, 0) is 32.9 Å². The number of nitrogens with zero attached hydrogens (tertiary/aromatic N) is 3. The van der Waals surface area contributed by atoms with Crippen molar-refractivity contribution in [2.75, 3.05) is 6.54 Å². The summed E-state index contributed by atoms with van der Waals surface area (Å²) in [5.41, 5.74) is 6.01. The maximum atomic E-state index is 6.40. The summed E-state index contributed by atoms with van der Waals surface area (Å²) in [6.07, 6.45) is 4.09. The van der Waals surface area contributed by atoms with Gasteiger partial charge in [-0.1, -0.05) is 23.7 Å². The molecule has 0 amide bonds. The molecule has 2 aromatic heterocycles. The van der Waals surface area contributed by atoms with Gasteiger partial charge in [-0.2, -0.15) is 0 Å². The zero-order valence-corrected chi connectivity index (χ0v) is 15.6. The van der Waals surface area contributed by atoms with Crippen molar-refractivity contribution < 1.29 is 0 Å². The van der Waals surface area contributed by atoms with Crippen LogP contribution in [0.4, 0.5) is 0 Å². The fraction of sp³-hybridized carbons (Fsp3) is 0.400. The Bertz CT molecular complexity index is 947. The van der Waals surface area contributed by atoms with Crippen LogP contribution in [0.5, 0.6) is 0 Å². The highest BCUT2D eigenvalue weighted by Gasteiger charge is 2.29. The number of aromatic amines is 1. The van der Waals surface area contributed by atoms with Gasteiger partial charge < -0.3 is 14.9 Å². The Labute approximate surface area is 157 Å². The molecule has 3 heterocycles. The molecule has 1 aliphatic heterocycles. The van der Waals surface area contributed by atoms with Crippen LogP contribution in [0.1, 0.15) is 40.9 Å². The largest absolute Gasteiger partial charge is 0.344 e. The first kappa shape index (κ1) is 16.1. The average molecular weight is 368 g/mol. The highest BCUT2D eigenvalue weighted by atomic mass is 35.5. The van der Waals surface area contributed by atoms with Crippen molar-refractivity contribution in [2.45, 2.75) is 38.1 Å². The molecule has 0 fully saturated rings. The van der Waals surface area contributed by atoms with Crippen LogP contribution in [0.2, 0.25) is 5.02 Å². The van der Waals surface area contributed by atoms with Gasteiger partial charge in [0.1, 0.15) is 11.6 Å². The second-order valence-corrected chi connectivity index (χ2v) is 7.69. The first-order valence-corrected chi connectivity index (χ1v) is 9.66. The monoisotopic (exact) mass is 367 g/mol. The lowest BCUT2D eigenvalue weighted by molar-refractivity contribution is 0.538. The Hall–Kier alpha value is -2.11. The zero-order chi connectivity index (χ0) is 17.7. The van der Waals surface area contributed by atoms with Gasteiger partial charge in [0.15, 0.2) is 0 Å². The van der Waals surface area contributed by atoms with Crippen LogP contribution in [0.25, 0.3) is 11.4 Å². The van der Waals surface area contributed by atoms with Crippen molar-refractivity contribution in [2.24, 2.45) is 7.05 Å². The third-order valence-electron chi connectivity index (χ3n) is 5.69. The van der Waals surface area contributed by atoms with Crippen molar-refractivity contribution in [3.63, 3.8) is 0 Å². The Morgan fingerprint density at radius 1 is 1.15 bits per heavy atom. The van der Waals surface area contributed by atoms with E-state index in [1.165, 1.54) is 22.8 Å². The number of nitrogens with one attached hydrogen (secondary N) is 2. The molecule has 2 N–H and O–H groups in total. The quantitative estimate of drug-likeness (QED) is 0.730. The van der Waals surface area contributed by atoms with Crippen LogP contribution in [-0.4, -0.2) is 26.1 Å². The highest BCUT2D eigenvalue weighted by Crippen LogP contribution is 2.35. The van der Waals surface area contributed by atoms with Gasteiger partial charge in [0.2, 0.25) is 0 Å². The Kier molecular flexibility index (Phi) is 3.87. The van der Waals surface area contributed by atoms with Crippen LogP contribution in [0.15, 0.2) is 24.3 Å². The second-order valence-electron chi connectivity index (χ2n) is 7.28. The van der Waals surface area contributed by atoms with Gasteiger partial charge in [0.05, 0.1) is 22.1 Å². The van der Waals surface area contributed by atoms with Crippen LogP contribution in [0.3, 0.4) is 0 Å². The molecule has 1 unspecified atom stereocenters. The molecular formula is C20H22ClN5. The number of hydrogen-bond acceptors (Lipinski definition) is 3. The third-order valence-corrected chi connectivity index (χ3v) is 6.02. The summed E-state index contributed by atoms with van der Waals surface area (Å²) in [4.78, 5) is 13.4. The number of aromatic nitrogens is 4. The van der Waals surface area contributed by atoms with E-state index in [9.17, 15) is 0 Å². The number of imidazole rings is 2. The SMILES string of the molecule is Cn1c(-c2ccccc2Cl)nc2c1CCC(c1nc3c([nH]1)CNCC3)C2. The predicted molar refractivity (Wildman–Crippen MR) is 102 cm³/mol. The molecule has 134 valence electrons. The number of fused-ring (bicyclic) bond motifs is 2. The van der Waals surface area contributed by atoms with E-state index in [2.05, 4.69) is 21.9 Å². The molecule has 5 rings (SSSR count). The number of H-pyrrole nitrogens is 1. The van der Waals surface area contributed by atoms with E-state index in [4.69, 9.17) is 21.6 Å². The summed E-state index contributed by atoms with van der Waals surface area (Å²) >= 11 is 6.40. The summed E-state index contributed by atoms with van der Waals surface area (Å²) < 4.78 is 2.21. The van der Waals surface area contributed by atoms with Gasteiger partial charge in [0, 0.05) is 50.2 Å². The van der Waals surface area contributed by atoms with Crippen LogP contribution < -0.4 is 5.32 Å². The molecular weight excluding hydrogens is 346 g/mol. The molecule has 0 spiro atoms. The van der Waals surface area contributed by atoms with Gasteiger partial charge in [0.25, 0.3) is 0 Å². The van der Waals surface area contributed by atoms with Gasteiger partial charge in [-0.25, -0.2) is 9.97 Å². The van der Waals surface area contributed by atoms with Crippen LogP contribution in [0, 0.1) is 0 Å². The summed E-state index contributed by atoms with van der Waals surface area (Å²) in [7, 11) is 2.10. The minimum atomic E-state index is 0.419. The molecule has 0 saturated carbocycles. The van der Waals surface area contributed by atoms with Gasteiger partial charge in [-0.05, 0) is 25.0 Å². The molecule has 1 aromatic carbocycles. The standard InChI is InChI=1S/C20H22ClN5/c1-26-18-7-6-12(19-23-15-8-9-22-11-17(15)24-19)10-16(18)25-20(26)13-4-2-3-5-14(13)21/h2-5,12,22H,6-11H2,1H3,(H,23,24). The molecule has 0 bridgehead atoms. The lowest BCUT2D eigenvalue weighted by Crippen LogP contribution is -2.23. The van der Waals surface area contributed by atoms with Crippen molar-refractivity contribution >= 4 is 11.6 Å². The first-order chi connectivity index (χ1) is 12.7. The molecule has 0 radical (unpaired) electrons. The Balaban J connectivity index is 1.47. The Morgan fingerprint density at radius 2 is 2.04 bits per heavy atom. The fourth-order valence-corrected chi connectivity index (χ4v) is 4.48. The van der Waals surface area contributed by atoms with Crippen LogP contribution >= 0.6 is 11.6 Å². The smallest absolute Gasteiger partial charge is 0.141 e. The van der Waals surface area contributed by atoms with E-state index in [1.54, 1.807) is 0 Å². The highest BCUT2D eigenvalue weighted by molar-refractivity contribution is 6.33. The molecule has 1 aliphatic carbocycles. The molecule has 3 aromatic rings.